The van der Waals surface area contributed by atoms with Gasteiger partial charge in [-0.1, -0.05) is 39.7 Å². The van der Waals surface area contributed by atoms with Gasteiger partial charge in [0.2, 0.25) is 0 Å². The van der Waals surface area contributed by atoms with Crippen molar-refractivity contribution < 1.29 is 32.7 Å². The molecule has 0 aliphatic rings. The van der Waals surface area contributed by atoms with Gasteiger partial charge in [-0.05, 0) is 6.42 Å². The van der Waals surface area contributed by atoms with Crippen molar-refractivity contribution in [2.75, 3.05) is 14.1 Å². The van der Waals surface area contributed by atoms with Crippen LogP contribution in [0.3, 0.4) is 0 Å². The van der Waals surface area contributed by atoms with Crippen molar-refractivity contribution in [3.05, 3.63) is 5.32 Å². The third-order valence-corrected chi connectivity index (χ3v) is 1.27. The molecule has 0 bridgehead atoms. The normalized spacial score (nSPS) is 10.5. The maximum atomic E-state index is 3.99. The van der Waals surface area contributed by atoms with E-state index in [-0.39, 0.29) is 32.7 Å². The van der Waals surface area contributed by atoms with Crippen molar-refractivity contribution in [2.24, 2.45) is 4.99 Å². The van der Waals surface area contributed by atoms with Gasteiger partial charge in [-0.3, -0.25) is 0 Å². The Labute approximate surface area is 88.8 Å². The first-order valence-corrected chi connectivity index (χ1v) is 3.40. The minimum Gasteiger partial charge on any atom is -0.473 e. The average Bonchev–Trinajstić information content (AvgIpc) is 1.91. The third-order valence-electron chi connectivity index (χ3n) is 1.27. The summed E-state index contributed by atoms with van der Waals surface area (Å²) in [6.45, 7) is 2.17. The molecule has 10 heavy (non-hydrogen) atoms. The predicted octanol–water partition coefficient (Wildman–Crippen LogP) is 2.21. The van der Waals surface area contributed by atoms with E-state index in [2.05, 4.69) is 17.2 Å². The van der Waals surface area contributed by atoms with Crippen LogP contribution in [-0.2, 0) is 32.7 Å². The van der Waals surface area contributed by atoms with Crippen molar-refractivity contribution in [1.82, 2.24) is 0 Å². The molecule has 0 aromatic rings. The van der Waals surface area contributed by atoms with Crippen LogP contribution in [0.4, 0.5) is 0 Å². The molecule has 0 amide bonds. The van der Waals surface area contributed by atoms with E-state index in [1.807, 2.05) is 0 Å². The number of hydrogen-bond donors (Lipinski definition) is 0. The number of amidine groups is 1. The summed E-state index contributed by atoms with van der Waals surface area (Å²) in [6, 6.07) is 0. The van der Waals surface area contributed by atoms with Crippen molar-refractivity contribution in [3.63, 3.8) is 0 Å². The number of aliphatic imine (C=N–C) groups is 1. The number of nitrogens with zero attached hydrogens (tertiary/aromatic N) is 2. The van der Waals surface area contributed by atoms with E-state index in [0.29, 0.717) is 0 Å². The minimum atomic E-state index is 0. The zero-order valence-corrected chi connectivity index (χ0v) is 9.93. The van der Waals surface area contributed by atoms with Gasteiger partial charge in [-0.25, -0.2) is 0 Å². The Kier molecular flexibility index (Phi) is 12.6. The van der Waals surface area contributed by atoms with E-state index in [1.165, 1.54) is 12.8 Å². The van der Waals surface area contributed by atoms with E-state index in [0.717, 1.165) is 12.3 Å². The Morgan fingerprint density at radius 1 is 1.50 bits per heavy atom. The number of hydrogen-bond acceptors (Lipinski definition) is 1. The van der Waals surface area contributed by atoms with Gasteiger partial charge in [0.15, 0.2) is 0 Å². The molecule has 1 radical (unpaired) electrons. The second-order valence-corrected chi connectivity index (χ2v) is 1.97. The van der Waals surface area contributed by atoms with E-state index in [4.69, 9.17) is 0 Å². The molecule has 0 atom stereocenters. The molecular formula is C7H15N2Y-. The number of rotatable bonds is 3. The van der Waals surface area contributed by atoms with Crippen LogP contribution in [0.25, 0.3) is 5.32 Å². The second-order valence-electron chi connectivity index (χ2n) is 1.97. The molecule has 57 valence electrons. The molecule has 2 nitrogen and oxygen atoms in total. The predicted molar refractivity (Wildman–Crippen MR) is 42.2 cm³/mol. The Bertz CT molecular complexity index is 91.6. The summed E-state index contributed by atoms with van der Waals surface area (Å²) < 4.78 is 0. The molecule has 0 aromatic carbocycles. The van der Waals surface area contributed by atoms with Gasteiger partial charge < -0.3 is 10.3 Å². The number of unbranched alkanes of at least 4 members (excludes halogenated alkanes) is 1. The Hall–Kier alpha value is 0.574. The van der Waals surface area contributed by atoms with Gasteiger partial charge in [0, 0.05) is 32.7 Å². The Balaban J connectivity index is 0. The zero-order valence-electron chi connectivity index (χ0n) is 7.09. The monoisotopic (exact) mass is 216 g/mol. The third kappa shape index (κ3) is 6.69. The summed E-state index contributed by atoms with van der Waals surface area (Å²) in [4.78, 5) is 3.99. The van der Waals surface area contributed by atoms with Gasteiger partial charge in [0.05, 0.1) is 0 Å². The first kappa shape index (κ1) is 13.2. The van der Waals surface area contributed by atoms with Crippen molar-refractivity contribution in [2.45, 2.75) is 26.2 Å². The molecule has 0 spiro atoms. The SMILES string of the molecule is CCCCC(=NC)[N-]C.[Y]. The van der Waals surface area contributed by atoms with Crippen LogP contribution in [0.1, 0.15) is 26.2 Å². The van der Waals surface area contributed by atoms with Gasteiger partial charge >= 0.3 is 0 Å². The molecular weight excluding hydrogens is 201 g/mol. The summed E-state index contributed by atoms with van der Waals surface area (Å²) in [7, 11) is 3.58. The van der Waals surface area contributed by atoms with Gasteiger partial charge in [0.1, 0.15) is 0 Å². The molecule has 0 aromatic heterocycles. The van der Waals surface area contributed by atoms with Crippen LogP contribution in [-0.4, -0.2) is 19.9 Å². The van der Waals surface area contributed by atoms with Gasteiger partial charge in [0.25, 0.3) is 0 Å². The topological polar surface area (TPSA) is 26.5 Å². The fourth-order valence-electron chi connectivity index (χ4n) is 0.658. The average molecular weight is 216 g/mol. The largest absolute Gasteiger partial charge is 0.473 e. The molecule has 0 unspecified atom stereocenters. The first-order valence-electron chi connectivity index (χ1n) is 3.40. The van der Waals surface area contributed by atoms with Crippen molar-refractivity contribution in [1.29, 1.82) is 0 Å². The first-order chi connectivity index (χ1) is 4.35. The molecule has 0 saturated heterocycles. The Morgan fingerprint density at radius 2 is 2.10 bits per heavy atom. The van der Waals surface area contributed by atoms with E-state index in [1.54, 1.807) is 14.1 Å². The standard InChI is InChI=1S/C7H15N2.Y/c1-4-5-6-7(8-2)9-3;/h4-6H2,1-3H3;/q-1;. The van der Waals surface area contributed by atoms with Crippen LogP contribution < -0.4 is 0 Å². The molecule has 0 aliphatic carbocycles. The molecule has 0 N–H and O–H groups in total. The molecule has 0 rings (SSSR count). The second kappa shape index (κ2) is 9.57. The molecule has 0 aliphatic heterocycles. The van der Waals surface area contributed by atoms with Gasteiger partial charge in [-0.2, -0.15) is 0 Å². The quantitative estimate of drug-likeness (QED) is 0.510. The molecule has 3 heteroatoms. The summed E-state index contributed by atoms with van der Waals surface area (Å²) in [5.74, 6) is 0.983. The summed E-state index contributed by atoms with van der Waals surface area (Å²) in [6.07, 6.45) is 3.45. The smallest absolute Gasteiger partial charge is 0 e. The van der Waals surface area contributed by atoms with Crippen LogP contribution in [0, 0.1) is 0 Å². The Morgan fingerprint density at radius 3 is 2.40 bits per heavy atom. The summed E-state index contributed by atoms with van der Waals surface area (Å²) in [5.41, 5.74) is 0. The molecule has 0 saturated carbocycles. The van der Waals surface area contributed by atoms with Gasteiger partial charge in [-0.15, -0.1) is 0 Å². The maximum absolute atomic E-state index is 3.99. The fraction of sp³-hybridized carbons (Fsp3) is 0.857. The van der Waals surface area contributed by atoms with Crippen LogP contribution in [0.2, 0.25) is 0 Å². The van der Waals surface area contributed by atoms with Crippen LogP contribution in [0.5, 0.6) is 0 Å². The van der Waals surface area contributed by atoms with Crippen molar-refractivity contribution in [3.8, 4) is 0 Å². The summed E-state index contributed by atoms with van der Waals surface area (Å²) >= 11 is 0. The minimum absolute atomic E-state index is 0. The zero-order chi connectivity index (χ0) is 7.11. The van der Waals surface area contributed by atoms with E-state index in [9.17, 15) is 0 Å². The van der Waals surface area contributed by atoms with Crippen LogP contribution >= 0.6 is 0 Å². The fourth-order valence-corrected chi connectivity index (χ4v) is 0.658. The van der Waals surface area contributed by atoms with E-state index >= 15 is 0 Å². The van der Waals surface area contributed by atoms with Crippen molar-refractivity contribution >= 4 is 5.84 Å². The van der Waals surface area contributed by atoms with E-state index < -0.39 is 0 Å². The van der Waals surface area contributed by atoms with Crippen LogP contribution in [0.15, 0.2) is 4.99 Å². The molecule has 0 heterocycles. The molecule has 0 fully saturated rings. The maximum Gasteiger partial charge on any atom is 0 e. The summed E-state index contributed by atoms with van der Waals surface area (Å²) in [5, 5.41) is 3.99.